The van der Waals surface area contributed by atoms with Gasteiger partial charge in [0.05, 0.1) is 16.9 Å². The third kappa shape index (κ3) is 8.23. The molecule has 9 nitrogen and oxygen atoms in total. The van der Waals surface area contributed by atoms with Crippen LogP contribution in [0.1, 0.15) is 42.5 Å². The Labute approximate surface area is 219 Å². The predicted molar refractivity (Wildman–Crippen MR) is 144 cm³/mol. The number of amides is 3. The summed E-state index contributed by atoms with van der Waals surface area (Å²) in [7, 11) is 1.49. The largest absolute Gasteiger partial charge is 0.493 e. The van der Waals surface area contributed by atoms with E-state index in [1.165, 1.54) is 13.3 Å². The van der Waals surface area contributed by atoms with Crippen molar-refractivity contribution in [3.8, 4) is 11.5 Å². The topological polar surface area (TPSA) is 118 Å². The summed E-state index contributed by atoms with van der Waals surface area (Å²) in [6, 6.07) is 7.31. The van der Waals surface area contributed by atoms with E-state index in [0.29, 0.717) is 27.1 Å². The second-order valence-corrected chi connectivity index (χ2v) is 9.29. The van der Waals surface area contributed by atoms with Gasteiger partial charge in [-0.3, -0.25) is 14.4 Å². The molecule has 0 aromatic heterocycles. The summed E-state index contributed by atoms with van der Waals surface area (Å²) in [5, 5.41) is 9.31. The lowest BCUT2D eigenvalue weighted by Crippen LogP contribution is -2.41. The molecule has 0 spiro atoms. The molecular weight excluding hydrogens is 563 g/mol. The molecule has 3 amide bonds. The van der Waals surface area contributed by atoms with Crippen molar-refractivity contribution in [2.45, 2.75) is 47.1 Å². The summed E-state index contributed by atoms with van der Waals surface area (Å²) in [6.45, 7) is 9.42. The highest BCUT2D eigenvalue weighted by molar-refractivity contribution is 14.1. The van der Waals surface area contributed by atoms with Gasteiger partial charge in [-0.2, -0.15) is 5.10 Å². The van der Waals surface area contributed by atoms with Crippen LogP contribution in [-0.4, -0.2) is 43.7 Å². The maximum absolute atomic E-state index is 12.5. The summed E-state index contributed by atoms with van der Waals surface area (Å²) in [5.41, 5.74) is 6.68. The third-order valence-electron chi connectivity index (χ3n) is 5.12. The minimum Gasteiger partial charge on any atom is -0.493 e. The lowest BCUT2D eigenvalue weighted by atomic mass is 10.1. The summed E-state index contributed by atoms with van der Waals surface area (Å²) < 4.78 is 11.9. The molecule has 2 aromatic rings. The van der Waals surface area contributed by atoms with Crippen molar-refractivity contribution in [1.29, 1.82) is 0 Å². The predicted octanol–water partition coefficient (Wildman–Crippen LogP) is 3.61. The molecule has 0 saturated heterocycles. The minimum absolute atomic E-state index is 0.109. The van der Waals surface area contributed by atoms with Crippen LogP contribution in [0.3, 0.4) is 0 Å². The molecule has 188 valence electrons. The summed E-state index contributed by atoms with van der Waals surface area (Å²) in [4.78, 5) is 36.2. The maximum Gasteiger partial charge on any atom is 0.329 e. The van der Waals surface area contributed by atoms with Crippen LogP contribution in [0.4, 0.5) is 5.69 Å². The lowest BCUT2D eigenvalue weighted by Gasteiger charge is -2.15. The second-order valence-electron chi connectivity index (χ2n) is 8.13. The number of nitrogens with zero attached hydrogens (tertiary/aromatic N) is 1. The number of hydrogen-bond acceptors (Lipinski definition) is 6. The highest BCUT2D eigenvalue weighted by Crippen LogP contribution is 2.33. The highest BCUT2D eigenvalue weighted by atomic mass is 127. The molecule has 2 rings (SSSR count). The first-order chi connectivity index (χ1) is 16.5. The first-order valence-corrected chi connectivity index (χ1v) is 12.2. The van der Waals surface area contributed by atoms with Gasteiger partial charge in [-0.1, -0.05) is 24.6 Å². The Morgan fingerprint density at radius 3 is 2.34 bits per heavy atom. The Bertz CT molecular complexity index is 1110. The number of hydrazone groups is 1. The Morgan fingerprint density at radius 2 is 1.74 bits per heavy atom. The molecule has 0 aliphatic heterocycles. The van der Waals surface area contributed by atoms with Crippen molar-refractivity contribution in [2.75, 3.05) is 19.0 Å². The van der Waals surface area contributed by atoms with Crippen molar-refractivity contribution in [2.24, 2.45) is 5.10 Å². The monoisotopic (exact) mass is 594 g/mol. The molecule has 35 heavy (non-hydrogen) atoms. The fourth-order valence-electron chi connectivity index (χ4n) is 3.25. The van der Waals surface area contributed by atoms with E-state index in [9.17, 15) is 14.4 Å². The van der Waals surface area contributed by atoms with Crippen LogP contribution >= 0.6 is 22.6 Å². The van der Waals surface area contributed by atoms with E-state index < -0.39 is 11.8 Å². The van der Waals surface area contributed by atoms with Crippen molar-refractivity contribution in [3.05, 3.63) is 50.1 Å². The van der Waals surface area contributed by atoms with Crippen LogP contribution in [0, 0.1) is 24.3 Å². The molecule has 0 unspecified atom stereocenters. The number of carbonyl (C=O) groups is 3. The number of nitrogens with one attached hydrogen (secondary N) is 3. The van der Waals surface area contributed by atoms with E-state index >= 15 is 0 Å². The molecule has 1 atom stereocenters. The van der Waals surface area contributed by atoms with Crippen LogP contribution in [-0.2, 0) is 14.4 Å². The summed E-state index contributed by atoms with van der Waals surface area (Å²) in [6.07, 6.45) is 2.10. The number of methoxy groups -OCH3 is 1. The first kappa shape index (κ1) is 28.1. The minimum atomic E-state index is -0.853. The van der Waals surface area contributed by atoms with Crippen LogP contribution in [0.5, 0.6) is 11.5 Å². The second kappa shape index (κ2) is 13.1. The number of carbonyl (C=O) groups excluding carboxylic acids is 3. The fraction of sp³-hybridized carbons (Fsp3) is 0.360. The van der Waals surface area contributed by atoms with E-state index in [2.05, 4.69) is 43.8 Å². The number of aryl methyl sites for hydroxylation is 3. The van der Waals surface area contributed by atoms with Crippen LogP contribution in [0.2, 0.25) is 0 Å². The first-order valence-electron chi connectivity index (χ1n) is 11.1. The van der Waals surface area contributed by atoms with E-state index in [0.717, 1.165) is 22.4 Å². The van der Waals surface area contributed by atoms with Gasteiger partial charge >= 0.3 is 11.8 Å². The zero-order valence-corrected chi connectivity index (χ0v) is 22.9. The molecular formula is C25H31IN4O5. The van der Waals surface area contributed by atoms with Gasteiger partial charge in [0, 0.05) is 11.7 Å². The van der Waals surface area contributed by atoms with Crippen molar-refractivity contribution < 1.29 is 23.9 Å². The molecule has 10 heteroatoms. The van der Waals surface area contributed by atoms with Gasteiger partial charge in [-0.15, -0.1) is 0 Å². The standard InChI is InChI=1S/C25H31IN4O5/c1-7-17(5)28-24(32)25(33)30-27-12-18-10-19(26)23(20(11-18)34-6)35-13-21(31)29-22-15(3)8-14(2)9-16(22)4/h8-12,17H,7,13H2,1-6H3,(H,28,32)(H,29,31)(H,30,33)/b27-12-/t17-/m1/s1. The van der Waals surface area contributed by atoms with Gasteiger partial charge in [0.2, 0.25) is 0 Å². The molecule has 0 heterocycles. The molecule has 0 bridgehead atoms. The average Bonchev–Trinajstić information content (AvgIpc) is 2.79. The van der Waals surface area contributed by atoms with Crippen molar-refractivity contribution >= 4 is 52.2 Å². The SMILES string of the molecule is CC[C@@H](C)NC(=O)C(=O)N/N=C\c1cc(I)c(OCC(=O)Nc2c(C)cc(C)cc2C)c(OC)c1. The number of benzene rings is 2. The maximum atomic E-state index is 12.5. The third-order valence-corrected chi connectivity index (χ3v) is 5.92. The van der Waals surface area contributed by atoms with Crippen LogP contribution < -0.4 is 25.5 Å². The van der Waals surface area contributed by atoms with Gasteiger partial charge in [0.15, 0.2) is 18.1 Å². The van der Waals surface area contributed by atoms with Gasteiger partial charge in [-0.05, 0) is 85.5 Å². The Hall–Kier alpha value is -3.15. The number of halogens is 1. The van der Waals surface area contributed by atoms with Gasteiger partial charge in [0.1, 0.15) is 0 Å². The van der Waals surface area contributed by atoms with Crippen LogP contribution in [0.25, 0.3) is 0 Å². The summed E-state index contributed by atoms with van der Waals surface area (Å²) >= 11 is 2.06. The number of rotatable bonds is 9. The smallest absolute Gasteiger partial charge is 0.329 e. The zero-order valence-electron chi connectivity index (χ0n) is 20.7. The highest BCUT2D eigenvalue weighted by Gasteiger charge is 2.16. The lowest BCUT2D eigenvalue weighted by molar-refractivity contribution is -0.139. The van der Waals surface area contributed by atoms with E-state index in [1.807, 2.05) is 39.8 Å². The number of anilines is 1. The van der Waals surface area contributed by atoms with Gasteiger partial charge < -0.3 is 20.1 Å². The number of hydrogen-bond donors (Lipinski definition) is 3. The average molecular weight is 594 g/mol. The van der Waals surface area contributed by atoms with Gasteiger partial charge in [-0.25, -0.2) is 5.43 Å². The van der Waals surface area contributed by atoms with Crippen molar-refractivity contribution in [3.63, 3.8) is 0 Å². The summed E-state index contributed by atoms with van der Waals surface area (Å²) in [5.74, 6) is -1.08. The Morgan fingerprint density at radius 1 is 1.09 bits per heavy atom. The van der Waals surface area contributed by atoms with Crippen molar-refractivity contribution in [1.82, 2.24) is 10.7 Å². The normalized spacial score (nSPS) is 11.6. The molecule has 0 radical (unpaired) electrons. The van der Waals surface area contributed by atoms with E-state index in [4.69, 9.17) is 9.47 Å². The van der Waals surface area contributed by atoms with E-state index in [-0.39, 0.29) is 18.6 Å². The molecule has 0 aliphatic rings. The quantitative estimate of drug-likeness (QED) is 0.178. The van der Waals surface area contributed by atoms with E-state index in [1.54, 1.807) is 19.1 Å². The Balaban J connectivity index is 2.03. The molecule has 3 N–H and O–H groups in total. The molecule has 0 fully saturated rings. The number of ether oxygens (including phenoxy) is 2. The molecule has 0 saturated carbocycles. The fourth-order valence-corrected chi connectivity index (χ4v) is 4.03. The Kier molecular flexibility index (Phi) is 10.5. The molecule has 2 aromatic carbocycles. The molecule has 0 aliphatic carbocycles. The van der Waals surface area contributed by atoms with Gasteiger partial charge in [0.25, 0.3) is 5.91 Å². The van der Waals surface area contributed by atoms with Crippen LogP contribution in [0.15, 0.2) is 29.4 Å². The zero-order chi connectivity index (χ0) is 26.1.